The molecule has 0 atom stereocenters. The summed E-state index contributed by atoms with van der Waals surface area (Å²) < 4.78 is 32.9. The van der Waals surface area contributed by atoms with Gasteiger partial charge in [-0.1, -0.05) is 63.2 Å². The second-order valence-electron chi connectivity index (χ2n) is 7.17. The fourth-order valence-corrected chi connectivity index (χ4v) is 3.83. The Morgan fingerprint density at radius 2 is 1.64 bits per heavy atom. The van der Waals surface area contributed by atoms with E-state index < -0.39 is 10.0 Å². The minimum absolute atomic E-state index is 0.0156. The molecule has 0 amide bonds. The third kappa shape index (κ3) is 5.87. The molecule has 0 aliphatic heterocycles. The first kappa shape index (κ1) is 19.5. The summed E-state index contributed by atoms with van der Waals surface area (Å²) in [5.41, 5.74) is 2.87. The summed E-state index contributed by atoms with van der Waals surface area (Å²) in [4.78, 5) is 0. The Hall–Kier alpha value is -1.85. The Morgan fingerprint density at radius 1 is 1.00 bits per heavy atom. The van der Waals surface area contributed by atoms with E-state index in [2.05, 4.69) is 25.5 Å². The van der Waals surface area contributed by atoms with Crippen LogP contribution in [0.25, 0.3) is 0 Å². The summed E-state index contributed by atoms with van der Waals surface area (Å²) in [7, 11) is -3.38. The van der Waals surface area contributed by atoms with Gasteiger partial charge in [0.2, 0.25) is 10.0 Å². The van der Waals surface area contributed by atoms with E-state index in [0.717, 1.165) is 22.4 Å². The summed E-state index contributed by atoms with van der Waals surface area (Å²) in [5.74, 6) is 0.784. The summed E-state index contributed by atoms with van der Waals surface area (Å²) >= 11 is 0. The van der Waals surface area contributed by atoms with E-state index in [1.807, 2.05) is 55.5 Å². The van der Waals surface area contributed by atoms with Gasteiger partial charge in [-0.2, -0.15) is 0 Å². The fourth-order valence-electron chi connectivity index (χ4n) is 2.60. The predicted molar refractivity (Wildman–Crippen MR) is 102 cm³/mol. The van der Waals surface area contributed by atoms with Crippen molar-refractivity contribution in [3.8, 4) is 5.75 Å². The van der Waals surface area contributed by atoms with Crippen LogP contribution in [0, 0.1) is 6.92 Å². The molecule has 25 heavy (non-hydrogen) atoms. The highest BCUT2D eigenvalue weighted by molar-refractivity contribution is 7.88. The first-order chi connectivity index (χ1) is 11.7. The number of benzene rings is 2. The predicted octanol–water partition coefficient (Wildman–Crippen LogP) is 3.79. The highest BCUT2D eigenvalue weighted by atomic mass is 32.2. The molecule has 4 nitrogen and oxygen atoms in total. The maximum atomic E-state index is 12.2. The molecule has 0 radical (unpaired) electrons. The molecule has 2 aromatic carbocycles. The van der Waals surface area contributed by atoms with Gasteiger partial charge in [-0.05, 0) is 35.1 Å². The minimum Gasteiger partial charge on any atom is -0.492 e. The second-order valence-corrected chi connectivity index (χ2v) is 8.98. The normalized spacial score (nSPS) is 12.2. The largest absolute Gasteiger partial charge is 0.492 e. The molecule has 2 rings (SSSR count). The van der Waals surface area contributed by atoms with Gasteiger partial charge in [0.05, 0.1) is 5.75 Å². The van der Waals surface area contributed by atoms with Crippen LogP contribution in [0.5, 0.6) is 5.75 Å². The smallest absolute Gasteiger partial charge is 0.215 e. The number of para-hydroxylation sites is 1. The lowest BCUT2D eigenvalue weighted by Gasteiger charge is -2.22. The van der Waals surface area contributed by atoms with Crippen molar-refractivity contribution in [3.63, 3.8) is 0 Å². The monoisotopic (exact) mass is 361 g/mol. The third-order valence-corrected chi connectivity index (χ3v) is 5.32. The maximum absolute atomic E-state index is 12.2. The molecule has 0 aliphatic carbocycles. The molecule has 0 fully saturated rings. The van der Waals surface area contributed by atoms with Crippen molar-refractivity contribution in [2.75, 3.05) is 13.2 Å². The lowest BCUT2D eigenvalue weighted by atomic mass is 9.86. The summed E-state index contributed by atoms with van der Waals surface area (Å²) in [6, 6.07) is 15.4. The average molecular weight is 362 g/mol. The number of aryl methyl sites for hydroxylation is 1. The van der Waals surface area contributed by atoms with Crippen LogP contribution in [-0.2, 0) is 21.2 Å². The van der Waals surface area contributed by atoms with Crippen LogP contribution in [0.4, 0.5) is 0 Å². The lowest BCUT2D eigenvalue weighted by molar-refractivity contribution is 0.314. The quantitative estimate of drug-likeness (QED) is 0.764. The van der Waals surface area contributed by atoms with Crippen LogP contribution in [0.15, 0.2) is 48.5 Å². The van der Waals surface area contributed by atoms with E-state index in [1.165, 1.54) is 0 Å². The van der Waals surface area contributed by atoms with Gasteiger partial charge in [-0.3, -0.25) is 0 Å². The standard InChI is InChI=1S/C20H27NO3S/c1-16-9-5-6-10-17(16)15-25(22,23)21-13-14-24-19-12-8-7-11-18(19)20(2,3)4/h5-12,21H,13-15H2,1-4H3. The number of ether oxygens (including phenoxy) is 1. The molecule has 0 saturated carbocycles. The van der Waals surface area contributed by atoms with Gasteiger partial charge in [-0.15, -0.1) is 0 Å². The molecule has 0 heterocycles. The van der Waals surface area contributed by atoms with Crippen molar-refractivity contribution in [1.82, 2.24) is 4.72 Å². The van der Waals surface area contributed by atoms with E-state index in [-0.39, 0.29) is 17.7 Å². The maximum Gasteiger partial charge on any atom is 0.215 e. The van der Waals surface area contributed by atoms with E-state index in [0.29, 0.717) is 6.61 Å². The zero-order valence-electron chi connectivity index (χ0n) is 15.4. The van der Waals surface area contributed by atoms with E-state index in [1.54, 1.807) is 0 Å². The lowest BCUT2D eigenvalue weighted by Crippen LogP contribution is -2.29. The van der Waals surface area contributed by atoms with E-state index >= 15 is 0 Å². The molecular formula is C20H27NO3S. The second kappa shape index (κ2) is 8.02. The Balaban J connectivity index is 1.90. The number of sulfonamides is 1. The highest BCUT2D eigenvalue weighted by Gasteiger charge is 2.18. The van der Waals surface area contributed by atoms with Crippen molar-refractivity contribution >= 4 is 10.0 Å². The first-order valence-corrected chi connectivity index (χ1v) is 10.1. The highest BCUT2D eigenvalue weighted by Crippen LogP contribution is 2.30. The van der Waals surface area contributed by atoms with Gasteiger partial charge < -0.3 is 4.74 Å². The summed E-state index contributed by atoms with van der Waals surface area (Å²) in [6.07, 6.45) is 0. The zero-order chi connectivity index (χ0) is 18.5. The SMILES string of the molecule is Cc1ccccc1CS(=O)(=O)NCCOc1ccccc1C(C)(C)C. The molecular weight excluding hydrogens is 334 g/mol. The molecule has 0 saturated heterocycles. The third-order valence-electron chi connectivity index (χ3n) is 3.98. The molecule has 0 aromatic heterocycles. The average Bonchev–Trinajstić information content (AvgIpc) is 2.53. The number of rotatable bonds is 7. The number of hydrogen-bond acceptors (Lipinski definition) is 3. The molecule has 0 unspecified atom stereocenters. The van der Waals surface area contributed by atoms with E-state index in [4.69, 9.17) is 4.74 Å². The van der Waals surface area contributed by atoms with Crippen LogP contribution in [0.1, 0.15) is 37.5 Å². The van der Waals surface area contributed by atoms with E-state index in [9.17, 15) is 8.42 Å². The summed E-state index contributed by atoms with van der Waals surface area (Å²) in [6.45, 7) is 8.82. The Bertz CT molecular complexity index is 808. The zero-order valence-corrected chi connectivity index (χ0v) is 16.2. The number of hydrogen-bond donors (Lipinski definition) is 1. The Kier molecular flexibility index (Phi) is 6.25. The number of nitrogens with one attached hydrogen (secondary N) is 1. The molecule has 136 valence electrons. The van der Waals surface area contributed by atoms with Gasteiger partial charge in [0.25, 0.3) is 0 Å². The molecule has 0 bridgehead atoms. The molecule has 0 spiro atoms. The molecule has 1 N–H and O–H groups in total. The van der Waals surface area contributed by atoms with Crippen LogP contribution in [-0.4, -0.2) is 21.6 Å². The Labute approximate surface area is 151 Å². The molecule has 0 aliphatic rings. The topological polar surface area (TPSA) is 55.4 Å². The van der Waals surface area contributed by atoms with Gasteiger partial charge in [0, 0.05) is 6.54 Å². The van der Waals surface area contributed by atoms with Crippen molar-refractivity contribution in [1.29, 1.82) is 0 Å². The first-order valence-electron chi connectivity index (χ1n) is 8.43. The van der Waals surface area contributed by atoms with Gasteiger partial charge in [-0.25, -0.2) is 13.1 Å². The van der Waals surface area contributed by atoms with Crippen molar-refractivity contribution in [2.24, 2.45) is 0 Å². The minimum atomic E-state index is -3.38. The van der Waals surface area contributed by atoms with Crippen molar-refractivity contribution in [2.45, 2.75) is 38.9 Å². The summed E-state index contributed by atoms with van der Waals surface area (Å²) in [5, 5.41) is 0. The van der Waals surface area contributed by atoms with Crippen LogP contribution in [0.3, 0.4) is 0 Å². The van der Waals surface area contributed by atoms with Gasteiger partial charge in [0.15, 0.2) is 0 Å². The molecule has 2 aromatic rings. The fraction of sp³-hybridized carbons (Fsp3) is 0.400. The van der Waals surface area contributed by atoms with Gasteiger partial charge in [0.1, 0.15) is 12.4 Å². The van der Waals surface area contributed by atoms with Crippen LogP contribution >= 0.6 is 0 Å². The Morgan fingerprint density at radius 3 is 2.32 bits per heavy atom. The molecule has 5 heteroatoms. The van der Waals surface area contributed by atoms with Crippen LogP contribution in [0.2, 0.25) is 0 Å². The van der Waals surface area contributed by atoms with Crippen molar-refractivity contribution in [3.05, 3.63) is 65.2 Å². The van der Waals surface area contributed by atoms with Crippen molar-refractivity contribution < 1.29 is 13.2 Å². The van der Waals surface area contributed by atoms with Crippen LogP contribution < -0.4 is 9.46 Å². The van der Waals surface area contributed by atoms with Gasteiger partial charge >= 0.3 is 0 Å².